The van der Waals surface area contributed by atoms with Crippen molar-refractivity contribution in [1.82, 2.24) is 10.2 Å². The molecule has 2 amide bonds. The Morgan fingerprint density at radius 2 is 2.05 bits per heavy atom. The molecular formula is C15H26N2O2S. The third-order valence-corrected chi connectivity index (χ3v) is 6.42. The summed E-state index contributed by atoms with van der Waals surface area (Å²) in [6.45, 7) is 9.90. The molecule has 5 heteroatoms. The van der Waals surface area contributed by atoms with Crippen molar-refractivity contribution in [2.24, 2.45) is 5.41 Å². The van der Waals surface area contributed by atoms with E-state index >= 15 is 0 Å². The molecule has 1 N–H and O–H groups in total. The molecule has 0 radical (unpaired) electrons. The van der Waals surface area contributed by atoms with E-state index in [0.29, 0.717) is 11.2 Å². The zero-order chi connectivity index (χ0) is 15.0. The first-order chi connectivity index (χ1) is 9.33. The molecule has 114 valence electrons. The number of thioether (sulfide) groups is 1. The average molecular weight is 298 g/mol. The zero-order valence-electron chi connectivity index (χ0n) is 13.0. The maximum Gasteiger partial charge on any atom is 0.246 e. The summed E-state index contributed by atoms with van der Waals surface area (Å²) in [4.78, 5) is 26.5. The van der Waals surface area contributed by atoms with Gasteiger partial charge in [-0.3, -0.25) is 9.59 Å². The van der Waals surface area contributed by atoms with E-state index in [1.165, 1.54) is 0 Å². The van der Waals surface area contributed by atoms with Gasteiger partial charge in [0.15, 0.2) is 0 Å². The van der Waals surface area contributed by atoms with Gasteiger partial charge in [0.05, 0.1) is 4.75 Å². The lowest BCUT2D eigenvalue weighted by molar-refractivity contribution is -0.136. The van der Waals surface area contributed by atoms with Crippen LogP contribution in [0.3, 0.4) is 0 Å². The van der Waals surface area contributed by atoms with Gasteiger partial charge in [0.2, 0.25) is 11.8 Å². The fourth-order valence-corrected chi connectivity index (χ4v) is 4.03. The highest BCUT2D eigenvalue weighted by Crippen LogP contribution is 2.37. The second-order valence-corrected chi connectivity index (χ2v) is 8.21. The lowest BCUT2D eigenvalue weighted by Gasteiger charge is -2.35. The molecule has 0 aromatic carbocycles. The van der Waals surface area contributed by atoms with Gasteiger partial charge in [0.25, 0.3) is 0 Å². The van der Waals surface area contributed by atoms with E-state index in [4.69, 9.17) is 0 Å². The zero-order valence-corrected chi connectivity index (χ0v) is 13.8. The fraction of sp³-hybridized carbons (Fsp3) is 0.867. The highest BCUT2D eigenvalue weighted by molar-refractivity contribution is 8.01. The summed E-state index contributed by atoms with van der Waals surface area (Å²) in [5.74, 6) is 0.757. The van der Waals surface area contributed by atoms with Crippen molar-refractivity contribution in [3.05, 3.63) is 0 Å². The molecule has 0 aromatic heterocycles. The van der Waals surface area contributed by atoms with Crippen LogP contribution in [0, 0.1) is 5.41 Å². The van der Waals surface area contributed by atoms with E-state index in [-0.39, 0.29) is 17.9 Å². The minimum atomic E-state index is -0.418. The van der Waals surface area contributed by atoms with Crippen LogP contribution in [-0.2, 0) is 9.59 Å². The summed E-state index contributed by atoms with van der Waals surface area (Å²) in [7, 11) is 0. The summed E-state index contributed by atoms with van der Waals surface area (Å²) in [6.07, 6.45) is 3.32. The van der Waals surface area contributed by atoms with Crippen molar-refractivity contribution in [3.8, 4) is 0 Å². The van der Waals surface area contributed by atoms with Crippen molar-refractivity contribution in [1.29, 1.82) is 0 Å². The van der Waals surface area contributed by atoms with Crippen LogP contribution >= 0.6 is 11.8 Å². The molecule has 1 atom stereocenters. The van der Waals surface area contributed by atoms with E-state index in [2.05, 4.69) is 19.2 Å². The Hall–Kier alpha value is -0.710. The van der Waals surface area contributed by atoms with Crippen LogP contribution in [0.25, 0.3) is 0 Å². The molecule has 4 nitrogen and oxygen atoms in total. The molecule has 2 fully saturated rings. The minimum absolute atomic E-state index is 0.0245. The van der Waals surface area contributed by atoms with Crippen LogP contribution < -0.4 is 5.32 Å². The summed E-state index contributed by atoms with van der Waals surface area (Å²) >= 11 is 1.58. The van der Waals surface area contributed by atoms with Crippen LogP contribution in [0.2, 0.25) is 0 Å². The Labute approximate surface area is 126 Å². The topological polar surface area (TPSA) is 49.4 Å². The maximum atomic E-state index is 12.6. The molecule has 0 saturated carbocycles. The minimum Gasteiger partial charge on any atom is -0.342 e. The molecule has 2 rings (SSSR count). The van der Waals surface area contributed by atoms with Crippen molar-refractivity contribution >= 4 is 23.6 Å². The first-order valence-corrected chi connectivity index (χ1v) is 8.56. The van der Waals surface area contributed by atoms with Crippen molar-refractivity contribution in [2.45, 2.75) is 57.7 Å². The Morgan fingerprint density at radius 1 is 1.40 bits per heavy atom. The Balaban J connectivity index is 1.98. The third-order valence-electron chi connectivity index (χ3n) is 5.01. The lowest BCUT2D eigenvalue weighted by Crippen LogP contribution is -2.57. The number of nitrogens with zero attached hydrogens (tertiary/aromatic N) is 1. The number of likely N-dealkylation sites (tertiary alicyclic amines) is 1. The van der Waals surface area contributed by atoms with Gasteiger partial charge in [-0.05, 0) is 38.5 Å². The Morgan fingerprint density at radius 3 is 2.55 bits per heavy atom. The predicted octanol–water partition coefficient (Wildman–Crippen LogP) is 2.04. The van der Waals surface area contributed by atoms with Gasteiger partial charge in [0.1, 0.15) is 6.04 Å². The van der Waals surface area contributed by atoms with Gasteiger partial charge >= 0.3 is 0 Å². The Kier molecular flexibility index (Phi) is 4.38. The van der Waals surface area contributed by atoms with Crippen molar-refractivity contribution in [3.63, 3.8) is 0 Å². The van der Waals surface area contributed by atoms with Crippen LogP contribution in [0.5, 0.6) is 0 Å². The second kappa shape index (κ2) is 5.58. The van der Waals surface area contributed by atoms with Crippen LogP contribution in [0.15, 0.2) is 0 Å². The standard InChI is InChI=1S/C15H26N2O2S/c1-5-15(6-2)7-8-17(10-15)12(18)11-9-20-14(3,4)13(19)16-11/h11H,5-10H2,1-4H3,(H,16,19)/t11-/m1/s1. The molecule has 0 bridgehead atoms. The van der Waals surface area contributed by atoms with Crippen LogP contribution in [-0.4, -0.2) is 46.3 Å². The molecule has 0 aromatic rings. The van der Waals surface area contributed by atoms with Gasteiger partial charge in [-0.2, -0.15) is 0 Å². The number of hydrogen-bond acceptors (Lipinski definition) is 3. The molecular weight excluding hydrogens is 272 g/mol. The normalized spacial score (nSPS) is 28.3. The number of nitrogens with one attached hydrogen (secondary N) is 1. The van der Waals surface area contributed by atoms with Gasteiger partial charge in [-0.15, -0.1) is 11.8 Å². The average Bonchev–Trinajstić information content (AvgIpc) is 2.86. The van der Waals surface area contributed by atoms with Gasteiger partial charge in [-0.1, -0.05) is 13.8 Å². The van der Waals surface area contributed by atoms with E-state index in [0.717, 1.165) is 32.4 Å². The number of carbonyl (C=O) groups excluding carboxylic acids is 2. The second-order valence-electron chi connectivity index (χ2n) is 6.56. The smallest absolute Gasteiger partial charge is 0.246 e. The number of rotatable bonds is 3. The highest BCUT2D eigenvalue weighted by atomic mass is 32.2. The van der Waals surface area contributed by atoms with Crippen LogP contribution in [0.4, 0.5) is 0 Å². The molecule has 2 heterocycles. The van der Waals surface area contributed by atoms with Gasteiger partial charge < -0.3 is 10.2 Å². The number of hydrogen-bond donors (Lipinski definition) is 1. The molecule has 2 aliphatic heterocycles. The molecule has 2 aliphatic rings. The molecule has 0 spiro atoms. The molecule has 20 heavy (non-hydrogen) atoms. The van der Waals surface area contributed by atoms with E-state index in [1.807, 2.05) is 18.7 Å². The first-order valence-electron chi connectivity index (χ1n) is 7.57. The molecule has 0 aliphatic carbocycles. The van der Waals surface area contributed by atoms with Gasteiger partial charge in [-0.25, -0.2) is 0 Å². The summed E-state index contributed by atoms with van der Waals surface area (Å²) < 4.78 is -0.418. The quantitative estimate of drug-likeness (QED) is 0.867. The summed E-state index contributed by atoms with van der Waals surface area (Å²) in [5.41, 5.74) is 0.292. The number of amides is 2. The largest absolute Gasteiger partial charge is 0.342 e. The van der Waals surface area contributed by atoms with E-state index in [9.17, 15) is 9.59 Å². The monoisotopic (exact) mass is 298 g/mol. The van der Waals surface area contributed by atoms with E-state index in [1.54, 1.807) is 11.8 Å². The fourth-order valence-electron chi connectivity index (χ4n) is 3.03. The summed E-state index contributed by atoms with van der Waals surface area (Å²) in [5, 5.41) is 2.90. The third kappa shape index (κ3) is 2.83. The van der Waals surface area contributed by atoms with Crippen molar-refractivity contribution in [2.75, 3.05) is 18.8 Å². The number of carbonyl (C=O) groups is 2. The van der Waals surface area contributed by atoms with Crippen LogP contribution in [0.1, 0.15) is 47.0 Å². The van der Waals surface area contributed by atoms with Gasteiger partial charge in [0, 0.05) is 18.8 Å². The summed E-state index contributed by atoms with van der Waals surface area (Å²) in [6, 6.07) is -0.343. The molecule has 2 saturated heterocycles. The van der Waals surface area contributed by atoms with E-state index < -0.39 is 4.75 Å². The molecule has 0 unspecified atom stereocenters. The van der Waals surface area contributed by atoms with Crippen molar-refractivity contribution < 1.29 is 9.59 Å². The Bertz CT molecular complexity index is 405. The first kappa shape index (κ1) is 15.7. The predicted molar refractivity (Wildman–Crippen MR) is 82.7 cm³/mol. The highest BCUT2D eigenvalue weighted by Gasteiger charge is 2.43. The maximum absolute atomic E-state index is 12.6. The lowest BCUT2D eigenvalue weighted by atomic mass is 9.82. The SMILES string of the molecule is CCC1(CC)CCN(C(=O)[C@H]2CSC(C)(C)C(=O)N2)C1.